The molecule has 138 valence electrons. The first-order valence-corrected chi connectivity index (χ1v) is 7.63. The number of carboxylic acid groups (broad SMARTS) is 1. The molecule has 1 fully saturated rings. The Balaban J connectivity index is 2.16. The largest absolute Gasteiger partial charge is 0.478 e. The first-order chi connectivity index (χ1) is 12.0. The van der Waals surface area contributed by atoms with E-state index in [0.717, 1.165) is 12.1 Å². The van der Waals surface area contributed by atoms with Gasteiger partial charge in [-0.1, -0.05) is 0 Å². The van der Waals surface area contributed by atoms with Crippen LogP contribution in [-0.4, -0.2) is 11.1 Å². The fraction of sp³-hybridized carbons (Fsp3) is 0.278. The fourth-order valence-electron chi connectivity index (χ4n) is 2.66. The molecule has 0 unspecified atom stereocenters. The monoisotopic (exact) mass is 372 g/mol. The van der Waals surface area contributed by atoms with Crippen molar-refractivity contribution in [3.8, 4) is 11.5 Å². The third-order valence-corrected chi connectivity index (χ3v) is 4.18. The smallest absolute Gasteiger partial charge is 0.416 e. The quantitative estimate of drug-likeness (QED) is 0.711. The Labute approximate surface area is 145 Å². The van der Waals surface area contributed by atoms with E-state index in [1.54, 1.807) is 0 Å². The number of benzene rings is 2. The summed E-state index contributed by atoms with van der Waals surface area (Å²) >= 11 is 0. The second-order valence-electron chi connectivity index (χ2n) is 6.17. The molecule has 0 saturated heterocycles. The van der Waals surface area contributed by atoms with Crippen molar-refractivity contribution in [1.82, 2.24) is 0 Å². The summed E-state index contributed by atoms with van der Waals surface area (Å²) in [6.45, 7) is 1.46. The standard InChI is InChI=1S/C18H13F5O3/c1-9-6-10(19)2-3-14(9)26-15-8-13(18(21,22)23)12(17(20)4-5-17)7-11(15)16(24)25/h2-3,6-8H,4-5H2,1H3,(H,24,25). The molecule has 2 aromatic carbocycles. The van der Waals surface area contributed by atoms with Crippen molar-refractivity contribution in [3.63, 3.8) is 0 Å². The minimum absolute atomic E-state index is 0.00356. The van der Waals surface area contributed by atoms with Gasteiger partial charge in [-0.05, 0) is 55.7 Å². The molecule has 1 aliphatic carbocycles. The van der Waals surface area contributed by atoms with Gasteiger partial charge in [-0.25, -0.2) is 13.6 Å². The van der Waals surface area contributed by atoms with E-state index in [9.17, 15) is 31.9 Å². The number of carbonyl (C=O) groups is 1. The van der Waals surface area contributed by atoms with E-state index in [1.165, 1.54) is 13.0 Å². The Kier molecular flexibility index (Phi) is 4.17. The highest BCUT2D eigenvalue weighted by Crippen LogP contribution is 2.54. The second kappa shape index (κ2) is 5.96. The first-order valence-electron chi connectivity index (χ1n) is 7.63. The molecule has 0 radical (unpaired) electrons. The highest BCUT2D eigenvalue weighted by molar-refractivity contribution is 5.91. The average Bonchev–Trinajstić information content (AvgIpc) is 3.27. The topological polar surface area (TPSA) is 46.5 Å². The van der Waals surface area contributed by atoms with Crippen LogP contribution in [0.1, 0.15) is 39.9 Å². The Hall–Kier alpha value is -2.64. The SMILES string of the molecule is Cc1cc(F)ccc1Oc1cc(C(F)(F)F)c(C2(F)CC2)cc1C(=O)O. The van der Waals surface area contributed by atoms with Gasteiger partial charge in [0.15, 0.2) is 0 Å². The maximum Gasteiger partial charge on any atom is 0.416 e. The molecule has 0 atom stereocenters. The van der Waals surface area contributed by atoms with Gasteiger partial charge in [-0.2, -0.15) is 13.2 Å². The summed E-state index contributed by atoms with van der Waals surface area (Å²) in [5.74, 6) is -2.73. The number of hydrogen-bond donors (Lipinski definition) is 1. The van der Waals surface area contributed by atoms with Gasteiger partial charge in [-0.15, -0.1) is 0 Å². The lowest BCUT2D eigenvalue weighted by molar-refractivity contribution is -0.139. The maximum atomic E-state index is 14.4. The van der Waals surface area contributed by atoms with Gasteiger partial charge in [0.2, 0.25) is 0 Å². The lowest BCUT2D eigenvalue weighted by Crippen LogP contribution is -2.16. The van der Waals surface area contributed by atoms with Gasteiger partial charge in [0, 0.05) is 5.56 Å². The number of rotatable bonds is 4. The first kappa shape index (κ1) is 18.2. The van der Waals surface area contributed by atoms with Crippen LogP contribution >= 0.6 is 0 Å². The van der Waals surface area contributed by atoms with Crippen molar-refractivity contribution >= 4 is 5.97 Å². The van der Waals surface area contributed by atoms with Crippen LogP contribution in [0.3, 0.4) is 0 Å². The summed E-state index contributed by atoms with van der Waals surface area (Å²) in [7, 11) is 0. The summed E-state index contributed by atoms with van der Waals surface area (Å²) < 4.78 is 72.9. The van der Waals surface area contributed by atoms with Crippen molar-refractivity contribution in [2.45, 2.75) is 31.6 Å². The summed E-state index contributed by atoms with van der Waals surface area (Å²) in [6, 6.07) is 4.46. The van der Waals surface area contributed by atoms with Crippen LogP contribution in [0.25, 0.3) is 0 Å². The molecular weight excluding hydrogens is 359 g/mol. The predicted octanol–water partition coefficient (Wildman–Crippen LogP) is 5.60. The number of carboxylic acids is 1. The number of hydrogen-bond acceptors (Lipinski definition) is 2. The van der Waals surface area contributed by atoms with E-state index in [0.29, 0.717) is 12.1 Å². The lowest BCUT2D eigenvalue weighted by Gasteiger charge is -2.19. The molecule has 0 amide bonds. The minimum Gasteiger partial charge on any atom is -0.478 e. The van der Waals surface area contributed by atoms with E-state index in [4.69, 9.17) is 4.74 Å². The zero-order chi connectivity index (χ0) is 19.3. The molecule has 0 spiro atoms. The molecule has 2 aromatic rings. The van der Waals surface area contributed by atoms with Crippen molar-refractivity contribution < 1.29 is 36.6 Å². The lowest BCUT2D eigenvalue weighted by atomic mass is 9.97. The van der Waals surface area contributed by atoms with Crippen LogP contribution in [0, 0.1) is 12.7 Å². The van der Waals surface area contributed by atoms with Crippen LogP contribution in [-0.2, 0) is 11.8 Å². The van der Waals surface area contributed by atoms with E-state index in [-0.39, 0.29) is 24.2 Å². The Morgan fingerprint density at radius 2 is 1.81 bits per heavy atom. The molecular formula is C18H13F5O3. The number of aryl methyl sites for hydroxylation is 1. The molecule has 0 aromatic heterocycles. The van der Waals surface area contributed by atoms with Crippen LogP contribution in [0.15, 0.2) is 30.3 Å². The van der Waals surface area contributed by atoms with Crippen molar-refractivity contribution in [2.75, 3.05) is 0 Å². The van der Waals surface area contributed by atoms with Gasteiger partial charge >= 0.3 is 12.1 Å². The maximum absolute atomic E-state index is 14.4. The molecule has 3 nitrogen and oxygen atoms in total. The molecule has 0 aliphatic heterocycles. The van der Waals surface area contributed by atoms with Crippen molar-refractivity contribution in [3.05, 3.63) is 58.4 Å². The third-order valence-electron chi connectivity index (χ3n) is 4.18. The summed E-state index contributed by atoms with van der Waals surface area (Å²) in [5, 5.41) is 9.32. The molecule has 1 N–H and O–H groups in total. The van der Waals surface area contributed by atoms with E-state index in [1.807, 2.05) is 0 Å². The second-order valence-corrected chi connectivity index (χ2v) is 6.17. The van der Waals surface area contributed by atoms with E-state index >= 15 is 0 Å². The van der Waals surface area contributed by atoms with Crippen LogP contribution in [0.4, 0.5) is 22.0 Å². The Bertz CT molecular complexity index is 885. The summed E-state index contributed by atoms with van der Waals surface area (Å²) in [4.78, 5) is 11.5. The molecule has 8 heteroatoms. The van der Waals surface area contributed by atoms with E-state index in [2.05, 4.69) is 0 Å². The average molecular weight is 372 g/mol. The van der Waals surface area contributed by atoms with Gasteiger partial charge in [0.25, 0.3) is 0 Å². The van der Waals surface area contributed by atoms with Crippen LogP contribution in [0.2, 0.25) is 0 Å². The van der Waals surface area contributed by atoms with Gasteiger partial charge in [0.1, 0.15) is 28.5 Å². The molecule has 1 aliphatic rings. The number of ether oxygens (including phenoxy) is 1. The molecule has 1 saturated carbocycles. The molecule has 26 heavy (non-hydrogen) atoms. The number of halogens is 5. The predicted molar refractivity (Wildman–Crippen MR) is 81.6 cm³/mol. The Morgan fingerprint density at radius 1 is 1.15 bits per heavy atom. The van der Waals surface area contributed by atoms with Crippen LogP contribution < -0.4 is 4.74 Å². The third kappa shape index (κ3) is 3.36. The minimum atomic E-state index is -4.88. The normalized spacial score (nSPS) is 15.6. The molecule has 0 heterocycles. The van der Waals surface area contributed by atoms with Crippen molar-refractivity contribution in [1.29, 1.82) is 0 Å². The zero-order valence-electron chi connectivity index (χ0n) is 13.5. The molecule has 3 rings (SSSR count). The zero-order valence-corrected chi connectivity index (χ0v) is 13.5. The number of alkyl halides is 4. The Morgan fingerprint density at radius 3 is 2.31 bits per heavy atom. The number of aromatic carboxylic acids is 1. The van der Waals surface area contributed by atoms with Crippen molar-refractivity contribution in [2.24, 2.45) is 0 Å². The highest BCUT2D eigenvalue weighted by atomic mass is 19.4. The molecule has 0 bridgehead atoms. The van der Waals surface area contributed by atoms with Gasteiger partial charge < -0.3 is 9.84 Å². The fourth-order valence-corrected chi connectivity index (χ4v) is 2.66. The van der Waals surface area contributed by atoms with Gasteiger partial charge in [0.05, 0.1) is 5.56 Å². The highest BCUT2D eigenvalue weighted by Gasteiger charge is 2.51. The van der Waals surface area contributed by atoms with Gasteiger partial charge in [-0.3, -0.25) is 0 Å². The summed E-state index contributed by atoms with van der Waals surface area (Å²) in [6.07, 6.45) is -5.09. The van der Waals surface area contributed by atoms with E-state index < -0.39 is 46.1 Å². The van der Waals surface area contributed by atoms with Crippen LogP contribution in [0.5, 0.6) is 11.5 Å². The summed E-state index contributed by atoms with van der Waals surface area (Å²) in [5.41, 5.74) is -4.49.